The summed E-state index contributed by atoms with van der Waals surface area (Å²) in [5.74, 6) is 0.400. The lowest BCUT2D eigenvalue weighted by Gasteiger charge is -2.37. The summed E-state index contributed by atoms with van der Waals surface area (Å²) in [4.78, 5) is 5.05. The molecule has 2 heterocycles. The molecule has 6 heteroatoms. The number of nitrogens with zero attached hydrogens (tertiary/aromatic N) is 2. The zero-order chi connectivity index (χ0) is 75.0. The van der Waals surface area contributed by atoms with E-state index >= 15 is 0 Å². The number of fused-ring (bicyclic) bond motifs is 6. The summed E-state index contributed by atoms with van der Waals surface area (Å²) in [7, 11) is -5.39. The quantitative estimate of drug-likeness (QED) is 0.0487. The van der Waals surface area contributed by atoms with E-state index in [0.29, 0.717) is 0 Å². The minimum absolute atomic E-state index is 0.186. The van der Waals surface area contributed by atoms with E-state index in [0.717, 1.165) is 109 Å². The minimum Gasteiger partial charge on any atom is -0.454 e. The molecule has 538 valence electrons. The first-order chi connectivity index (χ1) is 55.2. The lowest BCUT2D eigenvalue weighted by molar-refractivity contribution is 0.668. The van der Waals surface area contributed by atoms with Crippen LogP contribution in [0.5, 0.6) is 0 Å². The molecule has 0 saturated carbocycles. The molecule has 112 heavy (non-hydrogen) atoms. The van der Waals surface area contributed by atoms with Crippen LogP contribution in [0.4, 0.5) is 34.1 Å². The molecule has 4 nitrogen and oxygen atoms in total. The first-order valence-corrected chi connectivity index (χ1v) is 43.8. The number of allylic oxidation sites excluding steroid dienone is 4. The van der Waals surface area contributed by atoms with Crippen molar-refractivity contribution in [3.8, 4) is 22.3 Å². The van der Waals surface area contributed by atoms with E-state index in [-0.39, 0.29) is 11.8 Å². The number of anilines is 6. The zero-order valence-electron chi connectivity index (χ0n) is 63.5. The lowest BCUT2D eigenvalue weighted by Crippen LogP contribution is -2.74. The van der Waals surface area contributed by atoms with E-state index in [1.54, 1.807) is 0 Å². The van der Waals surface area contributed by atoms with E-state index in [2.05, 4.69) is 414 Å². The van der Waals surface area contributed by atoms with Gasteiger partial charge in [0.1, 0.15) is 11.2 Å². The summed E-state index contributed by atoms with van der Waals surface area (Å²) in [6.07, 6.45) is 10.8. The third kappa shape index (κ3) is 11.2. The molecule has 2 aliphatic rings. The molecule has 2 aromatic heterocycles. The summed E-state index contributed by atoms with van der Waals surface area (Å²) in [6.45, 7) is 9.50. The highest BCUT2D eigenvalue weighted by molar-refractivity contribution is 7.20. The van der Waals surface area contributed by atoms with Gasteiger partial charge in [0.05, 0.1) is 22.7 Å². The maximum absolute atomic E-state index is 7.12. The zero-order valence-corrected chi connectivity index (χ0v) is 65.5. The Morgan fingerprint density at radius 3 is 1.10 bits per heavy atom. The van der Waals surface area contributed by atoms with Gasteiger partial charge < -0.3 is 18.6 Å². The van der Waals surface area contributed by atoms with Crippen molar-refractivity contribution in [3.05, 3.63) is 404 Å². The lowest BCUT2D eigenvalue weighted by atomic mass is 9.78. The van der Waals surface area contributed by atoms with E-state index in [1.807, 2.05) is 0 Å². The standard InChI is InChI=1S/C106H84N2O2Si2/c1-71(2)95-69-99(107(97-45-27-43-91-87-41-23-25-47-101(87)109-105(91)97)77-57-49-73(50-58-77)75-53-61-85(62-54-75)111(79-29-11-5-12-30-79,80-31-13-6-14-32-80)81-33-15-7-16-34-81)93-68-66-90-96(72(3)4)70-100(94-67-65-89(95)103(93)104(90)94)108(98-46-28-44-92-88-42-24-26-48-102(88)110-106(92)98)78-59-51-74(52-60-78)76-55-63-86(64-56-76)112(82-35-17-8-18-36-82,83-37-19-9-20-38-83)84-39-21-10-22-40-84/h5-21,23-39,41-65,67,69-72H,22,40,66,68H2,1-4H3. The Morgan fingerprint density at radius 1 is 0.286 bits per heavy atom. The number of benzene rings is 16. The van der Waals surface area contributed by atoms with Gasteiger partial charge in [0, 0.05) is 38.3 Å². The van der Waals surface area contributed by atoms with Crippen LogP contribution >= 0.6 is 0 Å². The molecule has 0 bridgehead atoms. The Balaban J connectivity index is 0.757. The Hall–Kier alpha value is -12.8. The van der Waals surface area contributed by atoms with Gasteiger partial charge >= 0.3 is 0 Å². The second-order valence-electron chi connectivity index (χ2n) is 31.1. The molecule has 0 atom stereocenters. The molecule has 0 unspecified atom stereocenters. The molecule has 18 aromatic rings. The van der Waals surface area contributed by atoms with Crippen molar-refractivity contribution in [2.45, 2.75) is 65.2 Å². The number of furan rings is 2. The predicted octanol–water partition coefficient (Wildman–Crippen LogP) is 24.1. The fraction of sp³-hybridized carbons (Fsp3) is 0.0943. The highest BCUT2D eigenvalue weighted by Crippen LogP contribution is 2.54. The molecule has 20 rings (SSSR count). The van der Waals surface area contributed by atoms with Crippen molar-refractivity contribution >= 4 is 152 Å². The monoisotopic (exact) mass is 1470 g/mol. The van der Waals surface area contributed by atoms with Crippen molar-refractivity contribution < 1.29 is 8.83 Å². The predicted molar refractivity (Wildman–Crippen MR) is 479 cm³/mol. The van der Waals surface area contributed by atoms with Crippen molar-refractivity contribution in [3.63, 3.8) is 0 Å². The maximum Gasteiger partial charge on any atom is 0.179 e. The van der Waals surface area contributed by atoms with Gasteiger partial charge in [0.25, 0.3) is 0 Å². The molecule has 0 fully saturated rings. The number of hydrogen-bond acceptors (Lipinski definition) is 4. The van der Waals surface area contributed by atoms with Crippen molar-refractivity contribution in [1.82, 2.24) is 0 Å². The van der Waals surface area contributed by atoms with Gasteiger partial charge in [-0.3, -0.25) is 0 Å². The fourth-order valence-corrected chi connectivity index (χ4v) is 29.0. The van der Waals surface area contributed by atoms with Crippen LogP contribution in [0.25, 0.3) is 87.7 Å². The number of aryl methyl sites for hydroxylation is 2. The van der Waals surface area contributed by atoms with Crippen molar-refractivity contribution in [2.24, 2.45) is 0 Å². The van der Waals surface area contributed by atoms with Crippen LogP contribution in [-0.2, 0) is 12.8 Å². The Bertz CT molecular complexity index is 6510. The number of para-hydroxylation sites is 4. The summed E-state index contributed by atoms with van der Waals surface area (Å²) in [6, 6.07) is 134. The molecule has 0 aliphatic heterocycles. The van der Waals surface area contributed by atoms with E-state index in [4.69, 9.17) is 8.83 Å². The van der Waals surface area contributed by atoms with Crippen LogP contribution in [0.15, 0.2) is 390 Å². The molecule has 16 aromatic carbocycles. The van der Waals surface area contributed by atoms with Crippen LogP contribution in [0.1, 0.15) is 74.6 Å². The van der Waals surface area contributed by atoms with Gasteiger partial charge in [-0.2, -0.15) is 0 Å². The van der Waals surface area contributed by atoms with Crippen molar-refractivity contribution in [2.75, 3.05) is 9.80 Å². The Morgan fingerprint density at radius 2 is 0.652 bits per heavy atom. The van der Waals surface area contributed by atoms with E-state index < -0.39 is 16.1 Å². The molecule has 0 N–H and O–H groups in total. The van der Waals surface area contributed by atoms with Gasteiger partial charge in [0.15, 0.2) is 27.3 Å². The molecular formula is C106H84N2O2Si2. The molecule has 0 spiro atoms. The molecule has 0 amide bonds. The van der Waals surface area contributed by atoms with Crippen LogP contribution in [0.3, 0.4) is 0 Å². The second kappa shape index (κ2) is 28.2. The first-order valence-electron chi connectivity index (χ1n) is 39.8. The van der Waals surface area contributed by atoms with Crippen LogP contribution in [-0.4, -0.2) is 16.1 Å². The third-order valence-corrected chi connectivity index (χ3v) is 34.1. The molecular weight excluding hydrogens is 1390 g/mol. The highest BCUT2D eigenvalue weighted by atomic mass is 28.3. The largest absolute Gasteiger partial charge is 0.454 e. The molecule has 2 aliphatic carbocycles. The summed E-state index contributed by atoms with van der Waals surface area (Å²) in [5, 5.41) is 20.7. The van der Waals surface area contributed by atoms with E-state index in [9.17, 15) is 0 Å². The minimum atomic E-state index is -2.74. The van der Waals surface area contributed by atoms with Crippen LogP contribution in [0, 0.1) is 0 Å². The summed E-state index contributed by atoms with van der Waals surface area (Å²) < 4.78 is 14.2. The topological polar surface area (TPSA) is 32.8 Å². The van der Waals surface area contributed by atoms with Gasteiger partial charge in [-0.25, -0.2) is 0 Å². The summed E-state index contributed by atoms with van der Waals surface area (Å²) in [5.41, 5.74) is 20.0. The van der Waals surface area contributed by atoms with Crippen molar-refractivity contribution in [1.29, 1.82) is 0 Å². The number of hydrogen-bond donors (Lipinski definition) is 0. The fourth-order valence-electron chi connectivity index (χ4n) is 19.2. The molecule has 0 radical (unpaired) electrons. The third-order valence-electron chi connectivity index (χ3n) is 24.3. The second-order valence-corrected chi connectivity index (χ2v) is 38.7. The van der Waals surface area contributed by atoms with Gasteiger partial charge in [-0.05, 0) is 195 Å². The summed E-state index contributed by atoms with van der Waals surface area (Å²) >= 11 is 0. The SMILES string of the molecule is CC(C)c1cc(N(c2ccc(-c3ccc([Si](C4=CC=CCC4)(c4ccccc4)c4ccccc4)cc3)cc2)c2cccc3c2oc2ccccc23)c2ccc3c(C(C)C)cc(N(c4ccc(-c5ccc([Si](c6ccccc6)(c6ccccc6)c6ccccc6)cc5)cc4)c4cccc5c4oc4ccccc45)c4c3c2c1CC4. The Labute approximate surface area is 657 Å². The van der Waals surface area contributed by atoms with Gasteiger partial charge in [-0.1, -0.05) is 348 Å². The Kier molecular flexibility index (Phi) is 17.2. The average molecular weight is 1470 g/mol. The molecule has 0 saturated heterocycles. The normalized spacial score (nSPS) is 13.0. The number of rotatable bonds is 18. The first kappa shape index (κ1) is 68.4. The van der Waals surface area contributed by atoms with Gasteiger partial charge in [0.2, 0.25) is 0 Å². The maximum atomic E-state index is 7.12. The van der Waals surface area contributed by atoms with E-state index in [1.165, 1.54) is 102 Å². The van der Waals surface area contributed by atoms with Crippen LogP contribution in [0.2, 0.25) is 0 Å². The van der Waals surface area contributed by atoms with Gasteiger partial charge in [-0.15, -0.1) is 0 Å². The smallest absolute Gasteiger partial charge is 0.179 e. The highest BCUT2D eigenvalue weighted by Gasteiger charge is 2.44. The average Bonchev–Trinajstić information content (AvgIpc) is 0.782. The van der Waals surface area contributed by atoms with Crippen LogP contribution < -0.4 is 46.1 Å².